The van der Waals surface area contributed by atoms with Crippen LogP contribution >= 0.6 is 11.8 Å². The second kappa shape index (κ2) is 3.13. The van der Waals surface area contributed by atoms with Gasteiger partial charge in [-0.25, -0.2) is 0 Å². The highest BCUT2D eigenvalue weighted by Gasteiger charge is 2.16. The molecule has 0 unspecified atom stereocenters. The van der Waals surface area contributed by atoms with Crippen molar-refractivity contribution in [1.82, 2.24) is 0 Å². The van der Waals surface area contributed by atoms with Crippen molar-refractivity contribution in [1.29, 1.82) is 0 Å². The average molecular weight is 180 g/mol. The maximum atomic E-state index is 8.90. The Morgan fingerprint density at radius 1 is 1.33 bits per heavy atom. The third-order valence-electron chi connectivity index (χ3n) is 2.01. The van der Waals surface area contributed by atoms with E-state index in [2.05, 4.69) is 0 Å². The summed E-state index contributed by atoms with van der Waals surface area (Å²) in [5, 5.41) is 17.8. The maximum absolute atomic E-state index is 8.90. The lowest BCUT2D eigenvalue weighted by atomic mass is 9.79. The largest absolute Gasteiger partial charge is 0.488 e. The van der Waals surface area contributed by atoms with Gasteiger partial charge in [-0.2, -0.15) is 0 Å². The average Bonchev–Trinajstić information content (AvgIpc) is 2.49. The van der Waals surface area contributed by atoms with E-state index in [1.54, 1.807) is 6.07 Å². The van der Waals surface area contributed by atoms with Crippen molar-refractivity contribution in [3.8, 4) is 0 Å². The minimum Gasteiger partial charge on any atom is -0.423 e. The smallest absolute Gasteiger partial charge is 0.423 e. The number of thioether (sulfide) groups is 1. The fourth-order valence-electron chi connectivity index (χ4n) is 1.37. The lowest BCUT2D eigenvalue weighted by molar-refractivity contribution is 0.425. The molecule has 2 N–H and O–H groups in total. The van der Waals surface area contributed by atoms with Gasteiger partial charge in [0, 0.05) is 10.6 Å². The van der Waals surface area contributed by atoms with Crippen LogP contribution in [0.15, 0.2) is 23.1 Å². The van der Waals surface area contributed by atoms with E-state index in [-0.39, 0.29) is 0 Å². The summed E-state index contributed by atoms with van der Waals surface area (Å²) in [6, 6.07) is 5.60. The Balaban J connectivity index is 2.39. The van der Waals surface area contributed by atoms with Crippen LogP contribution in [0.3, 0.4) is 0 Å². The zero-order valence-corrected chi connectivity index (χ0v) is 7.34. The Morgan fingerprint density at radius 3 is 2.92 bits per heavy atom. The van der Waals surface area contributed by atoms with E-state index in [4.69, 9.17) is 10.0 Å². The van der Waals surface area contributed by atoms with Crippen molar-refractivity contribution in [2.24, 2.45) is 0 Å². The van der Waals surface area contributed by atoms with Crippen LogP contribution in [0.4, 0.5) is 0 Å². The minimum absolute atomic E-state index is 0.594. The van der Waals surface area contributed by atoms with Gasteiger partial charge in [0.1, 0.15) is 0 Å². The molecule has 0 amide bonds. The molecule has 0 atom stereocenters. The fraction of sp³-hybridized carbons (Fsp3) is 0.250. The zero-order chi connectivity index (χ0) is 8.55. The SMILES string of the molecule is OB(O)c1ccc2c(c1)CCS2. The summed E-state index contributed by atoms with van der Waals surface area (Å²) in [5.74, 6) is 1.11. The Hall–Kier alpha value is -0.445. The van der Waals surface area contributed by atoms with Gasteiger partial charge in [-0.15, -0.1) is 11.8 Å². The van der Waals surface area contributed by atoms with Crippen molar-refractivity contribution < 1.29 is 10.0 Å². The standard InChI is InChI=1S/C8H9BO2S/c10-9(11)7-1-2-8-6(5-7)3-4-12-8/h1-2,5,10-11H,3-4H2. The van der Waals surface area contributed by atoms with E-state index < -0.39 is 7.12 Å². The number of benzene rings is 1. The first kappa shape index (κ1) is 8.17. The number of rotatable bonds is 1. The molecule has 1 aromatic rings. The highest BCUT2D eigenvalue weighted by Crippen LogP contribution is 2.29. The van der Waals surface area contributed by atoms with Crippen molar-refractivity contribution in [3.05, 3.63) is 23.8 Å². The highest BCUT2D eigenvalue weighted by atomic mass is 32.2. The topological polar surface area (TPSA) is 40.5 Å². The minimum atomic E-state index is -1.33. The first-order valence-corrected chi connectivity index (χ1v) is 4.88. The predicted molar refractivity (Wildman–Crippen MR) is 50.7 cm³/mol. The van der Waals surface area contributed by atoms with E-state index >= 15 is 0 Å². The Morgan fingerprint density at radius 2 is 2.17 bits per heavy atom. The fourth-order valence-corrected chi connectivity index (χ4v) is 2.42. The first-order valence-electron chi connectivity index (χ1n) is 3.89. The molecular weight excluding hydrogens is 171 g/mol. The lowest BCUT2D eigenvalue weighted by Crippen LogP contribution is -2.29. The summed E-state index contributed by atoms with van der Waals surface area (Å²) >= 11 is 1.83. The van der Waals surface area contributed by atoms with E-state index in [0.29, 0.717) is 5.46 Å². The molecule has 1 aromatic carbocycles. The molecule has 2 nitrogen and oxygen atoms in total. The molecule has 0 aliphatic carbocycles. The van der Waals surface area contributed by atoms with E-state index in [9.17, 15) is 0 Å². The Labute approximate surface area is 75.8 Å². The molecule has 1 aliphatic heterocycles. The molecule has 0 aromatic heterocycles. The highest BCUT2D eigenvalue weighted by molar-refractivity contribution is 7.99. The van der Waals surface area contributed by atoms with Crippen molar-refractivity contribution >= 4 is 24.3 Å². The van der Waals surface area contributed by atoms with Crippen molar-refractivity contribution in [2.45, 2.75) is 11.3 Å². The molecule has 0 spiro atoms. The van der Waals surface area contributed by atoms with Crippen molar-refractivity contribution in [2.75, 3.05) is 5.75 Å². The van der Waals surface area contributed by atoms with Gasteiger partial charge in [-0.05, 0) is 23.5 Å². The normalized spacial score (nSPS) is 14.5. The molecular formula is C8H9BO2S. The predicted octanol–water partition coefficient (Wildman–Crippen LogP) is 0.0146. The molecule has 62 valence electrons. The number of aryl methyl sites for hydroxylation is 1. The van der Waals surface area contributed by atoms with Gasteiger partial charge in [0.05, 0.1) is 0 Å². The van der Waals surface area contributed by atoms with Crippen LogP contribution in [0.25, 0.3) is 0 Å². The van der Waals surface area contributed by atoms with Crippen LogP contribution in [0.1, 0.15) is 5.56 Å². The van der Waals surface area contributed by atoms with E-state index in [0.717, 1.165) is 12.2 Å². The van der Waals surface area contributed by atoms with Gasteiger partial charge in [0.2, 0.25) is 0 Å². The molecule has 0 radical (unpaired) electrons. The molecule has 0 saturated heterocycles. The third-order valence-corrected chi connectivity index (χ3v) is 3.13. The van der Waals surface area contributed by atoms with Gasteiger partial charge < -0.3 is 10.0 Å². The molecule has 0 fully saturated rings. The Kier molecular flexibility index (Phi) is 2.13. The van der Waals surface area contributed by atoms with Crippen LogP contribution in [-0.2, 0) is 6.42 Å². The lowest BCUT2D eigenvalue weighted by Gasteiger charge is -2.01. The molecule has 4 heteroatoms. The van der Waals surface area contributed by atoms with Crippen LogP contribution < -0.4 is 5.46 Å². The number of fused-ring (bicyclic) bond motifs is 1. The van der Waals surface area contributed by atoms with Crippen LogP contribution in [0.5, 0.6) is 0 Å². The third kappa shape index (κ3) is 1.37. The van der Waals surface area contributed by atoms with Crippen LogP contribution in [-0.4, -0.2) is 22.9 Å². The summed E-state index contributed by atoms with van der Waals surface area (Å²) in [6.45, 7) is 0. The summed E-state index contributed by atoms with van der Waals surface area (Å²) < 4.78 is 0. The monoisotopic (exact) mass is 180 g/mol. The number of hydrogen-bond donors (Lipinski definition) is 2. The van der Waals surface area contributed by atoms with Gasteiger partial charge in [0.25, 0.3) is 0 Å². The van der Waals surface area contributed by atoms with Crippen LogP contribution in [0.2, 0.25) is 0 Å². The first-order chi connectivity index (χ1) is 5.77. The molecule has 1 heterocycles. The molecule has 0 bridgehead atoms. The number of hydrogen-bond acceptors (Lipinski definition) is 3. The molecule has 0 saturated carbocycles. The zero-order valence-electron chi connectivity index (χ0n) is 6.53. The quantitative estimate of drug-likeness (QED) is 0.598. The van der Waals surface area contributed by atoms with E-state index in [1.807, 2.05) is 23.9 Å². The van der Waals surface area contributed by atoms with Crippen molar-refractivity contribution in [3.63, 3.8) is 0 Å². The van der Waals surface area contributed by atoms with Gasteiger partial charge >= 0.3 is 7.12 Å². The van der Waals surface area contributed by atoms with Gasteiger partial charge in [0.15, 0.2) is 0 Å². The summed E-state index contributed by atoms with van der Waals surface area (Å²) in [5.41, 5.74) is 1.84. The maximum Gasteiger partial charge on any atom is 0.488 e. The molecule has 12 heavy (non-hydrogen) atoms. The molecule has 2 rings (SSSR count). The Bertz CT molecular complexity index is 301. The molecule has 1 aliphatic rings. The second-order valence-corrected chi connectivity index (χ2v) is 3.98. The summed E-state index contributed by atoms with van der Waals surface area (Å²) in [7, 11) is -1.33. The summed E-state index contributed by atoms with van der Waals surface area (Å²) in [6.07, 6.45) is 1.04. The van der Waals surface area contributed by atoms with Crippen LogP contribution in [0, 0.1) is 0 Å². The van der Waals surface area contributed by atoms with Gasteiger partial charge in [-0.1, -0.05) is 12.1 Å². The summed E-state index contributed by atoms with van der Waals surface area (Å²) in [4.78, 5) is 1.28. The van der Waals surface area contributed by atoms with Gasteiger partial charge in [-0.3, -0.25) is 0 Å². The second-order valence-electron chi connectivity index (χ2n) is 2.84. The van der Waals surface area contributed by atoms with E-state index in [1.165, 1.54) is 10.5 Å².